The van der Waals surface area contributed by atoms with Crippen molar-refractivity contribution in [1.29, 1.82) is 0 Å². The molecule has 112 valence electrons. The third-order valence-electron chi connectivity index (χ3n) is 3.94. The van der Waals surface area contributed by atoms with Crippen LogP contribution in [0.25, 0.3) is 0 Å². The number of hydrogen-bond donors (Lipinski definition) is 1. The molecule has 2 N–H and O–H groups in total. The molecule has 1 fully saturated rings. The van der Waals surface area contributed by atoms with Crippen molar-refractivity contribution in [3.05, 3.63) is 27.8 Å². The minimum Gasteiger partial charge on any atom is -0.493 e. The maximum atomic E-state index is 6.40. The lowest BCUT2D eigenvalue weighted by atomic mass is 9.93. The Morgan fingerprint density at radius 1 is 1.35 bits per heavy atom. The highest BCUT2D eigenvalue weighted by molar-refractivity contribution is 6.31. The fourth-order valence-electron chi connectivity index (χ4n) is 2.45. The molecule has 3 heteroatoms. The van der Waals surface area contributed by atoms with E-state index in [-0.39, 0.29) is 6.04 Å². The van der Waals surface area contributed by atoms with Gasteiger partial charge in [0, 0.05) is 16.6 Å². The molecule has 0 spiro atoms. The Balaban J connectivity index is 2.41. The van der Waals surface area contributed by atoms with Gasteiger partial charge in [-0.25, -0.2) is 0 Å². The molecule has 1 aliphatic carbocycles. The quantitative estimate of drug-likeness (QED) is 0.841. The average Bonchev–Trinajstić information content (AvgIpc) is 3.16. The summed E-state index contributed by atoms with van der Waals surface area (Å²) in [6.07, 6.45) is 3.41. The van der Waals surface area contributed by atoms with Crippen LogP contribution in [0.3, 0.4) is 0 Å². The summed E-state index contributed by atoms with van der Waals surface area (Å²) in [5.41, 5.74) is 9.52. The SMILES string of the molecule is Cc1c(Cl)cc(C(C)C)c(OCC2CC2)c1CC(C)N. The summed E-state index contributed by atoms with van der Waals surface area (Å²) in [4.78, 5) is 0. The molecule has 1 aliphatic rings. The third kappa shape index (κ3) is 3.67. The van der Waals surface area contributed by atoms with Crippen molar-refractivity contribution in [2.45, 2.75) is 58.9 Å². The van der Waals surface area contributed by atoms with Crippen molar-refractivity contribution in [1.82, 2.24) is 0 Å². The predicted molar refractivity (Wildman–Crippen MR) is 85.9 cm³/mol. The van der Waals surface area contributed by atoms with Crippen LogP contribution in [-0.2, 0) is 6.42 Å². The van der Waals surface area contributed by atoms with Crippen molar-refractivity contribution in [3.8, 4) is 5.75 Å². The normalized spacial score (nSPS) is 16.6. The zero-order valence-electron chi connectivity index (χ0n) is 13.0. The van der Waals surface area contributed by atoms with Gasteiger partial charge in [-0.3, -0.25) is 0 Å². The first-order valence-electron chi connectivity index (χ1n) is 7.60. The molecule has 0 radical (unpaired) electrons. The number of halogens is 1. The Morgan fingerprint density at radius 3 is 2.50 bits per heavy atom. The lowest BCUT2D eigenvalue weighted by Crippen LogP contribution is -2.20. The van der Waals surface area contributed by atoms with Gasteiger partial charge >= 0.3 is 0 Å². The summed E-state index contributed by atoms with van der Waals surface area (Å²) >= 11 is 6.40. The fourth-order valence-corrected chi connectivity index (χ4v) is 2.68. The second-order valence-corrected chi connectivity index (χ2v) is 6.88. The number of rotatable bonds is 6. The highest BCUT2D eigenvalue weighted by Crippen LogP contribution is 2.39. The maximum Gasteiger partial charge on any atom is 0.126 e. The largest absolute Gasteiger partial charge is 0.493 e. The fraction of sp³-hybridized carbons (Fsp3) is 0.647. The van der Waals surface area contributed by atoms with Gasteiger partial charge in [0.05, 0.1) is 6.61 Å². The molecule has 1 saturated carbocycles. The number of ether oxygens (including phenoxy) is 1. The molecule has 0 heterocycles. The van der Waals surface area contributed by atoms with Crippen LogP contribution >= 0.6 is 11.6 Å². The van der Waals surface area contributed by atoms with Gasteiger partial charge in [0.15, 0.2) is 0 Å². The van der Waals surface area contributed by atoms with Gasteiger partial charge in [0.2, 0.25) is 0 Å². The molecule has 1 atom stereocenters. The maximum absolute atomic E-state index is 6.40. The molecule has 0 saturated heterocycles. The van der Waals surface area contributed by atoms with E-state index in [1.807, 2.05) is 6.92 Å². The van der Waals surface area contributed by atoms with Crippen LogP contribution in [0.4, 0.5) is 0 Å². The number of benzene rings is 1. The second-order valence-electron chi connectivity index (χ2n) is 6.47. The van der Waals surface area contributed by atoms with E-state index in [1.54, 1.807) is 0 Å². The highest BCUT2D eigenvalue weighted by Gasteiger charge is 2.25. The zero-order chi connectivity index (χ0) is 14.9. The molecule has 0 aromatic heterocycles. The summed E-state index contributed by atoms with van der Waals surface area (Å²) in [7, 11) is 0. The number of nitrogens with two attached hydrogens (primary N) is 1. The number of hydrogen-bond acceptors (Lipinski definition) is 2. The van der Waals surface area contributed by atoms with Gasteiger partial charge in [-0.15, -0.1) is 0 Å². The Bertz CT molecular complexity index is 478. The molecule has 1 aromatic rings. The van der Waals surface area contributed by atoms with Crippen molar-refractivity contribution in [2.75, 3.05) is 6.61 Å². The molecule has 0 aliphatic heterocycles. The standard InChI is InChI=1S/C17H26ClNO/c1-10(2)14-8-16(18)12(4)15(7-11(3)19)17(14)20-9-13-5-6-13/h8,10-11,13H,5-7,9,19H2,1-4H3. The van der Waals surface area contributed by atoms with E-state index in [0.717, 1.165) is 35.3 Å². The van der Waals surface area contributed by atoms with Gasteiger partial charge < -0.3 is 10.5 Å². The van der Waals surface area contributed by atoms with Crippen LogP contribution in [0.5, 0.6) is 5.75 Å². The van der Waals surface area contributed by atoms with Gasteiger partial charge in [-0.05, 0) is 62.1 Å². The minimum absolute atomic E-state index is 0.107. The van der Waals surface area contributed by atoms with E-state index in [1.165, 1.54) is 24.0 Å². The summed E-state index contributed by atoms with van der Waals surface area (Å²) in [6, 6.07) is 2.17. The zero-order valence-corrected chi connectivity index (χ0v) is 13.8. The molecule has 2 rings (SSSR count). The third-order valence-corrected chi connectivity index (χ3v) is 4.33. The summed E-state index contributed by atoms with van der Waals surface area (Å²) < 4.78 is 6.18. The molecular formula is C17H26ClNO. The molecule has 0 bridgehead atoms. The van der Waals surface area contributed by atoms with E-state index in [4.69, 9.17) is 22.1 Å². The Labute approximate surface area is 127 Å². The van der Waals surface area contributed by atoms with Crippen LogP contribution in [0.15, 0.2) is 6.07 Å². The Morgan fingerprint density at radius 2 is 2.00 bits per heavy atom. The predicted octanol–water partition coefficient (Wildman–Crippen LogP) is 4.45. The van der Waals surface area contributed by atoms with Crippen molar-refractivity contribution < 1.29 is 4.74 Å². The van der Waals surface area contributed by atoms with Crippen molar-refractivity contribution >= 4 is 11.6 Å². The Hall–Kier alpha value is -0.730. The van der Waals surface area contributed by atoms with Crippen LogP contribution in [0, 0.1) is 12.8 Å². The van der Waals surface area contributed by atoms with Crippen molar-refractivity contribution in [2.24, 2.45) is 11.7 Å². The summed E-state index contributed by atoms with van der Waals surface area (Å²) in [6.45, 7) is 9.28. The van der Waals surface area contributed by atoms with E-state index < -0.39 is 0 Å². The first-order chi connectivity index (χ1) is 9.40. The molecule has 20 heavy (non-hydrogen) atoms. The van der Waals surface area contributed by atoms with Crippen LogP contribution in [-0.4, -0.2) is 12.6 Å². The van der Waals surface area contributed by atoms with Crippen LogP contribution < -0.4 is 10.5 Å². The minimum atomic E-state index is 0.107. The van der Waals surface area contributed by atoms with Crippen molar-refractivity contribution in [3.63, 3.8) is 0 Å². The molecule has 0 amide bonds. The average molecular weight is 296 g/mol. The van der Waals surface area contributed by atoms with E-state index in [0.29, 0.717) is 5.92 Å². The monoisotopic (exact) mass is 295 g/mol. The van der Waals surface area contributed by atoms with Gasteiger partial charge in [-0.2, -0.15) is 0 Å². The van der Waals surface area contributed by atoms with Gasteiger partial charge in [0.25, 0.3) is 0 Å². The summed E-state index contributed by atoms with van der Waals surface area (Å²) in [5.74, 6) is 2.18. The molecule has 2 nitrogen and oxygen atoms in total. The van der Waals surface area contributed by atoms with Crippen LogP contribution in [0.2, 0.25) is 5.02 Å². The highest BCUT2D eigenvalue weighted by atomic mass is 35.5. The molecular weight excluding hydrogens is 270 g/mol. The first kappa shape index (κ1) is 15.7. The lowest BCUT2D eigenvalue weighted by Gasteiger charge is -2.22. The first-order valence-corrected chi connectivity index (χ1v) is 7.98. The van der Waals surface area contributed by atoms with Gasteiger partial charge in [-0.1, -0.05) is 25.4 Å². The summed E-state index contributed by atoms with van der Waals surface area (Å²) in [5, 5.41) is 0.822. The van der Waals surface area contributed by atoms with Crippen LogP contribution in [0.1, 0.15) is 56.2 Å². The Kier molecular flexibility index (Phi) is 4.98. The molecule has 1 unspecified atom stereocenters. The topological polar surface area (TPSA) is 35.2 Å². The smallest absolute Gasteiger partial charge is 0.126 e. The molecule has 1 aromatic carbocycles. The second kappa shape index (κ2) is 6.36. The van der Waals surface area contributed by atoms with E-state index in [9.17, 15) is 0 Å². The van der Waals surface area contributed by atoms with Gasteiger partial charge in [0.1, 0.15) is 5.75 Å². The lowest BCUT2D eigenvalue weighted by molar-refractivity contribution is 0.292. The van der Waals surface area contributed by atoms with E-state index in [2.05, 4.69) is 26.8 Å². The van der Waals surface area contributed by atoms with E-state index >= 15 is 0 Å².